The van der Waals surface area contributed by atoms with Crippen molar-refractivity contribution in [3.8, 4) is 0 Å². The zero-order valence-corrected chi connectivity index (χ0v) is 12.8. The Morgan fingerprint density at radius 3 is 2.63 bits per heavy atom. The molecule has 2 rings (SSSR count). The van der Waals surface area contributed by atoms with Crippen LogP contribution in [0.2, 0.25) is 5.02 Å². The molecule has 1 aliphatic rings. The SMILES string of the molecule is Cc1cc(S(=O)(=O)N2CCCCC2C)cc(N)c1Cl. The minimum absolute atomic E-state index is 0.0379. The molecule has 0 amide bonds. The third kappa shape index (κ3) is 2.73. The van der Waals surface area contributed by atoms with Crippen LogP contribution in [-0.2, 0) is 10.0 Å². The van der Waals surface area contributed by atoms with E-state index in [1.165, 1.54) is 6.07 Å². The van der Waals surface area contributed by atoms with Crippen LogP contribution >= 0.6 is 11.6 Å². The maximum absolute atomic E-state index is 12.6. The Morgan fingerprint density at radius 2 is 2.05 bits per heavy atom. The fraction of sp³-hybridized carbons (Fsp3) is 0.538. The molecule has 1 fully saturated rings. The number of halogens is 1. The first kappa shape index (κ1) is 14.6. The van der Waals surface area contributed by atoms with E-state index in [2.05, 4.69) is 0 Å². The van der Waals surface area contributed by atoms with Gasteiger partial charge >= 0.3 is 0 Å². The van der Waals surface area contributed by atoms with Crippen molar-refractivity contribution in [1.82, 2.24) is 4.31 Å². The van der Waals surface area contributed by atoms with E-state index in [1.807, 2.05) is 6.92 Å². The smallest absolute Gasteiger partial charge is 0.243 e. The Balaban J connectivity index is 2.44. The lowest BCUT2D eigenvalue weighted by Gasteiger charge is -2.32. The molecule has 0 saturated carbocycles. The molecule has 1 aromatic rings. The van der Waals surface area contributed by atoms with Crippen molar-refractivity contribution in [2.45, 2.75) is 44.0 Å². The number of nitrogens with two attached hydrogens (primary N) is 1. The molecule has 0 radical (unpaired) electrons. The molecule has 19 heavy (non-hydrogen) atoms. The van der Waals surface area contributed by atoms with Gasteiger partial charge in [0.15, 0.2) is 0 Å². The number of aryl methyl sites for hydroxylation is 1. The summed E-state index contributed by atoms with van der Waals surface area (Å²) < 4.78 is 26.8. The second-order valence-electron chi connectivity index (χ2n) is 5.10. The van der Waals surface area contributed by atoms with E-state index in [4.69, 9.17) is 17.3 Å². The molecule has 1 heterocycles. The van der Waals surface area contributed by atoms with E-state index in [0.717, 1.165) is 19.3 Å². The van der Waals surface area contributed by atoms with E-state index in [-0.39, 0.29) is 10.9 Å². The van der Waals surface area contributed by atoms with Gasteiger partial charge in [-0.1, -0.05) is 18.0 Å². The van der Waals surface area contributed by atoms with E-state index < -0.39 is 10.0 Å². The number of sulfonamides is 1. The Labute approximate surface area is 119 Å². The molecule has 2 N–H and O–H groups in total. The number of nitrogen functional groups attached to an aromatic ring is 1. The van der Waals surface area contributed by atoms with Gasteiger partial charge in [0.25, 0.3) is 0 Å². The van der Waals surface area contributed by atoms with Gasteiger partial charge in [0, 0.05) is 12.6 Å². The van der Waals surface area contributed by atoms with Crippen LogP contribution < -0.4 is 5.73 Å². The molecule has 1 aromatic carbocycles. The summed E-state index contributed by atoms with van der Waals surface area (Å²) in [4.78, 5) is 0.237. The van der Waals surface area contributed by atoms with Crippen LogP contribution in [0, 0.1) is 6.92 Å². The van der Waals surface area contributed by atoms with Crippen molar-refractivity contribution >= 4 is 27.3 Å². The van der Waals surface area contributed by atoms with Gasteiger partial charge in [-0.2, -0.15) is 4.31 Å². The quantitative estimate of drug-likeness (QED) is 0.854. The predicted octanol–water partition coefficient (Wildman–Crippen LogP) is 2.79. The summed E-state index contributed by atoms with van der Waals surface area (Å²) in [6.45, 7) is 4.28. The molecular formula is C13H19ClN2O2S. The van der Waals surface area contributed by atoms with Gasteiger partial charge in [0.1, 0.15) is 0 Å². The molecule has 106 valence electrons. The van der Waals surface area contributed by atoms with Crippen LogP contribution in [0.3, 0.4) is 0 Å². The van der Waals surface area contributed by atoms with Gasteiger partial charge in [0.05, 0.1) is 15.6 Å². The Morgan fingerprint density at radius 1 is 1.37 bits per heavy atom. The Bertz CT molecular complexity index is 563. The molecule has 1 unspecified atom stereocenters. The number of benzene rings is 1. The lowest BCUT2D eigenvalue weighted by Crippen LogP contribution is -2.41. The van der Waals surface area contributed by atoms with Crippen molar-refractivity contribution in [3.63, 3.8) is 0 Å². The molecule has 6 heteroatoms. The van der Waals surface area contributed by atoms with Crippen molar-refractivity contribution in [2.24, 2.45) is 0 Å². The Hall–Kier alpha value is -0.780. The highest BCUT2D eigenvalue weighted by molar-refractivity contribution is 7.89. The van der Waals surface area contributed by atoms with Gasteiger partial charge < -0.3 is 5.73 Å². The van der Waals surface area contributed by atoms with Gasteiger partial charge in [-0.25, -0.2) is 8.42 Å². The second kappa shape index (κ2) is 5.31. The predicted molar refractivity (Wildman–Crippen MR) is 77.8 cm³/mol. The van der Waals surface area contributed by atoms with E-state index in [0.29, 0.717) is 22.8 Å². The van der Waals surface area contributed by atoms with Crippen molar-refractivity contribution in [3.05, 3.63) is 22.7 Å². The van der Waals surface area contributed by atoms with Crippen LogP contribution in [0.15, 0.2) is 17.0 Å². The minimum atomic E-state index is -3.48. The molecule has 0 aliphatic carbocycles. The molecule has 1 atom stereocenters. The van der Waals surface area contributed by atoms with Crippen LogP contribution in [0.4, 0.5) is 5.69 Å². The van der Waals surface area contributed by atoms with Gasteiger partial charge in [-0.15, -0.1) is 0 Å². The van der Waals surface area contributed by atoms with Gasteiger partial charge in [0.2, 0.25) is 10.0 Å². The highest BCUT2D eigenvalue weighted by Crippen LogP contribution is 2.30. The highest BCUT2D eigenvalue weighted by atomic mass is 35.5. The largest absolute Gasteiger partial charge is 0.397 e. The first-order valence-corrected chi connectivity index (χ1v) is 8.23. The number of hydrogen-bond donors (Lipinski definition) is 1. The summed E-state index contributed by atoms with van der Waals surface area (Å²) in [5.41, 5.74) is 6.76. The molecule has 1 saturated heterocycles. The molecular weight excluding hydrogens is 284 g/mol. The van der Waals surface area contributed by atoms with Crippen LogP contribution in [0.25, 0.3) is 0 Å². The lowest BCUT2D eigenvalue weighted by atomic mass is 10.1. The average molecular weight is 303 g/mol. The van der Waals surface area contributed by atoms with Gasteiger partial charge in [-0.05, 0) is 44.4 Å². The van der Waals surface area contributed by atoms with Crippen LogP contribution in [0.1, 0.15) is 31.7 Å². The van der Waals surface area contributed by atoms with Crippen LogP contribution in [0.5, 0.6) is 0 Å². The normalized spacial score (nSPS) is 21.5. The third-order valence-corrected chi connectivity index (χ3v) is 6.11. The second-order valence-corrected chi connectivity index (χ2v) is 7.37. The topological polar surface area (TPSA) is 63.4 Å². The zero-order chi connectivity index (χ0) is 14.2. The molecule has 0 spiro atoms. The maximum Gasteiger partial charge on any atom is 0.243 e. The first-order valence-electron chi connectivity index (χ1n) is 6.41. The fourth-order valence-electron chi connectivity index (χ4n) is 2.48. The summed E-state index contributed by atoms with van der Waals surface area (Å²) >= 11 is 5.98. The maximum atomic E-state index is 12.6. The summed E-state index contributed by atoms with van der Waals surface area (Å²) in [6, 6.07) is 3.08. The number of hydrogen-bond acceptors (Lipinski definition) is 3. The Kier molecular flexibility index (Phi) is 4.08. The van der Waals surface area contributed by atoms with Crippen molar-refractivity contribution < 1.29 is 8.42 Å². The summed E-state index contributed by atoms with van der Waals surface area (Å²) in [7, 11) is -3.48. The number of anilines is 1. The third-order valence-electron chi connectivity index (χ3n) is 3.60. The highest BCUT2D eigenvalue weighted by Gasteiger charge is 2.31. The average Bonchev–Trinajstić information content (AvgIpc) is 2.35. The fourth-order valence-corrected chi connectivity index (χ4v) is 4.41. The van der Waals surface area contributed by atoms with Crippen molar-refractivity contribution in [1.29, 1.82) is 0 Å². The standard InChI is InChI=1S/C13H19ClN2O2S/c1-9-7-11(8-12(15)13(9)14)19(17,18)16-6-4-3-5-10(16)2/h7-8,10H,3-6,15H2,1-2H3. The van der Waals surface area contributed by atoms with E-state index in [1.54, 1.807) is 17.3 Å². The zero-order valence-electron chi connectivity index (χ0n) is 11.2. The molecule has 1 aliphatic heterocycles. The number of nitrogens with zero attached hydrogens (tertiary/aromatic N) is 1. The van der Waals surface area contributed by atoms with E-state index >= 15 is 0 Å². The monoisotopic (exact) mass is 302 g/mol. The molecule has 0 aromatic heterocycles. The summed E-state index contributed by atoms with van der Waals surface area (Å²) in [5.74, 6) is 0. The first-order chi connectivity index (χ1) is 8.84. The van der Waals surface area contributed by atoms with E-state index in [9.17, 15) is 8.42 Å². The minimum Gasteiger partial charge on any atom is -0.397 e. The summed E-state index contributed by atoms with van der Waals surface area (Å²) in [6.07, 6.45) is 2.89. The lowest BCUT2D eigenvalue weighted by molar-refractivity contribution is 0.268. The summed E-state index contributed by atoms with van der Waals surface area (Å²) in [5, 5.41) is 0.422. The number of rotatable bonds is 2. The van der Waals surface area contributed by atoms with Crippen molar-refractivity contribution in [2.75, 3.05) is 12.3 Å². The molecule has 0 bridgehead atoms. The molecule has 4 nitrogen and oxygen atoms in total. The number of piperidine rings is 1. The van der Waals surface area contributed by atoms with Crippen LogP contribution in [-0.4, -0.2) is 25.3 Å². The van der Waals surface area contributed by atoms with Gasteiger partial charge in [-0.3, -0.25) is 0 Å².